The molecule has 0 aliphatic carbocycles. The molecule has 0 radical (unpaired) electrons. The maximum atomic E-state index is 5.62. The van der Waals surface area contributed by atoms with Crippen LogP contribution in [-0.2, 0) is 16.7 Å². The van der Waals surface area contributed by atoms with Crippen molar-refractivity contribution < 1.29 is 4.74 Å². The molecule has 2 N–H and O–H groups in total. The lowest BCUT2D eigenvalue weighted by Gasteiger charge is -2.42. The van der Waals surface area contributed by atoms with Crippen molar-refractivity contribution in [2.24, 2.45) is 0 Å². The average molecular weight is 207 g/mol. The van der Waals surface area contributed by atoms with Gasteiger partial charge in [-0.15, -0.1) is 0 Å². The molecule has 2 aliphatic heterocycles. The van der Waals surface area contributed by atoms with Crippen LogP contribution >= 0.6 is 0 Å². The number of ether oxygens (including phenoxy) is 1. The molecule has 0 saturated carbocycles. The van der Waals surface area contributed by atoms with Gasteiger partial charge in [0.1, 0.15) is 0 Å². The van der Waals surface area contributed by atoms with E-state index < -0.39 is 0 Å². The molecule has 3 rings (SSSR count). The van der Waals surface area contributed by atoms with Crippen molar-refractivity contribution in [3.8, 4) is 0 Å². The highest BCUT2D eigenvalue weighted by Crippen LogP contribution is 2.37. The summed E-state index contributed by atoms with van der Waals surface area (Å²) in [6.45, 7) is 4.02. The summed E-state index contributed by atoms with van der Waals surface area (Å²) >= 11 is 0. The van der Waals surface area contributed by atoms with Gasteiger partial charge in [-0.3, -0.25) is 0 Å². The minimum Gasteiger partial charge on any atom is -0.378 e. The molecule has 1 fully saturated rings. The van der Waals surface area contributed by atoms with Crippen LogP contribution in [0.5, 0.6) is 0 Å². The van der Waals surface area contributed by atoms with Crippen LogP contribution < -0.4 is 5.32 Å². The molecular weight excluding hydrogens is 190 g/mol. The zero-order valence-electron chi connectivity index (χ0n) is 9.05. The van der Waals surface area contributed by atoms with Gasteiger partial charge in [0.15, 0.2) is 0 Å². The van der Waals surface area contributed by atoms with Crippen LogP contribution in [0.4, 0.5) is 0 Å². The summed E-state index contributed by atoms with van der Waals surface area (Å²) in [5.74, 6) is 0. The van der Waals surface area contributed by atoms with Crippen LogP contribution in [0.15, 0.2) is 6.33 Å². The zero-order valence-corrected chi connectivity index (χ0v) is 9.05. The lowest BCUT2D eigenvalue weighted by molar-refractivity contribution is -0.0237. The molecule has 0 aromatic carbocycles. The molecular formula is C11H17N3O. The van der Waals surface area contributed by atoms with Crippen molar-refractivity contribution >= 4 is 0 Å². The fourth-order valence-electron chi connectivity index (χ4n) is 2.90. The highest BCUT2D eigenvalue weighted by molar-refractivity contribution is 5.26. The van der Waals surface area contributed by atoms with Gasteiger partial charge in [-0.25, -0.2) is 4.98 Å². The Hall–Kier alpha value is -0.870. The highest BCUT2D eigenvalue weighted by atomic mass is 16.5. The van der Waals surface area contributed by atoms with Crippen LogP contribution in [0.1, 0.15) is 31.2 Å². The van der Waals surface area contributed by atoms with Gasteiger partial charge in [0.05, 0.1) is 23.7 Å². The molecule has 2 unspecified atom stereocenters. The smallest absolute Gasteiger partial charge is 0.0926 e. The topological polar surface area (TPSA) is 49.9 Å². The van der Waals surface area contributed by atoms with Crippen LogP contribution in [0.2, 0.25) is 0 Å². The molecule has 2 aliphatic rings. The second kappa shape index (κ2) is 3.32. The predicted octanol–water partition coefficient (Wildman–Crippen LogP) is 0.950. The van der Waals surface area contributed by atoms with Crippen LogP contribution in [0.25, 0.3) is 0 Å². The van der Waals surface area contributed by atoms with Crippen molar-refractivity contribution in [2.75, 3.05) is 13.2 Å². The standard InChI is InChI=1S/C11H17N3O/c1-8-6-11(3-5-15-8)10-9(2-4-14-11)12-7-13-10/h7-8,14H,2-6H2,1H3,(H,12,13). The molecule has 1 aromatic heterocycles. The first-order chi connectivity index (χ1) is 7.30. The molecule has 1 aromatic rings. The Balaban J connectivity index is 1.99. The van der Waals surface area contributed by atoms with Gasteiger partial charge in [-0.1, -0.05) is 0 Å². The van der Waals surface area contributed by atoms with E-state index in [1.54, 1.807) is 0 Å². The Morgan fingerprint density at radius 1 is 1.60 bits per heavy atom. The number of aromatic nitrogens is 2. The van der Waals surface area contributed by atoms with Gasteiger partial charge < -0.3 is 15.0 Å². The Labute approximate surface area is 89.4 Å². The third-order valence-electron chi connectivity index (χ3n) is 3.58. The summed E-state index contributed by atoms with van der Waals surface area (Å²) in [5, 5.41) is 3.64. The van der Waals surface area contributed by atoms with E-state index in [1.807, 2.05) is 6.33 Å². The average Bonchev–Trinajstić information content (AvgIpc) is 2.67. The number of H-pyrrole nitrogens is 1. The molecule has 2 atom stereocenters. The second-order valence-electron chi connectivity index (χ2n) is 4.62. The first-order valence-electron chi connectivity index (χ1n) is 5.69. The molecule has 1 saturated heterocycles. The predicted molar refractivity (Wildman–Crippen MR) is 56.6 cm³/mol. The molecule has 1 spiro atoms. The molecule has 0 bridgehead atoms. The SMILES string of the molecule is CC1CC2(CCO1)NCCc1[nH]cnc12. The van der Waals surface area contributed by atoms with Crippen molar-refractivity contribution in [1.29, 1.82) is 0 Å². The van der Waals surface area contributed by atoms with E-state index in [0.717, 1.165) is 32.4 Å². The first kappa shape index (κ1) is 9.36. The molecule has 4 nitrogen and oxygen atoms in total. The molecule has 3 heterocycles. The Morgan fingerprint density at radius 3 is 3.40 bits per heavy atom. The van der Waals surface area contributed by atoms with Crippen molar-refractivity contribution in [1.82, 2.24) is 15.3 Å². The van der Waals surface area contributed by atoms with Crippen molar-refractivity contribution in [3.05, 3.63) is 17.7 Å². The summed E-state index contributed by atoms with van der Waals surface area (Å²) in [5.41, 5.74) is 2.61. The van der Waals surface area contributed by atoms with Crippen molar-refractivity contribution in [3.63, 3.8) is 0 Å². The highest BCUT2D eigenvalue weighted by Gasteiger charge is 2.41. The maximum absolute atomic E-state index is 5.62. The van der Waals surface area contributed by atoms with Crippen LogP contribution in [0.3, 0.4) is 0 Å². The molecule has 4 heteroatoms. The van der Waals surface area contributed by atoms with E-state index in [0.29, 0.717) is 6.10 Å². The fraction of sp³-hybridized carbons (Fsp3) is 0.727. The van der Waals surface area contributed by atoms with Gasteiger partial charge in [0.2, 0.25) is 0 Å². The molecule has 15 heavy (non-hydrogen) atoms. The number of fused-ring (bicyclic) bond motifs is 2. The summed E-state index contributed by atoms with van der Waals surface area (Å²) in [6, 6.07) is 0. The normalized spacial score (nSPS) is 35.4. The number of hydrogen-bond acceptors (Lipinski definition) is 3. The van der Waals surface area contributed by atoms with Crippen LogP contribution in [0, 0.1) is 0 Å². The van der Waals surface area contributed by atoms with E-state index in [4.69, 9.17) is 4.74 Å². The number of imidazole rings is 1. The van der Waals surface area contributed by atoms with Crippen LogP contribution in [-0.4, -0.2) is 29.2 Å². The van der Waals surface area contributed by atoms with E-state index in [9.17, 15) is 0 Å². The van der Waals surface area contributed by atoms with Gasteiger partial charge in [0.25, 0.3) is 0 Å². The van der Waals surface area contributed by atoms with E-state index in [1.165, 1.54) is 11.4 Å². The Morgan fingerprint density at radius 2 is 2.53 bits per heavy atom. The number of nitrogens with one attached hydrogen (secondary N) is 2. The summed E-state index contributed by atoms with van der Waals surface area (Å²) in [4.78, 5) is 7.75. The second-order valence-corrected chi connectivity index (χ2v) is 4.62. The van der Waals surface area contributed by atoms with Gasteiger partial charge >= 0.3 is 0 Å². The van der Waals surface area contributed by atoms with Gasteiger partial charge in [-0.2, -0.15) is 0 Å². The lowest BCUT2D eigenvalue weighted by atomic mass is 9.80. The van der Waals surface area contributed by atoms with E-state index >= 15 is 0 Å². The molecule has 0 amide bonds. The first-order valence-corrected chi connectivity index (χ1v) is 5.69. The Kier molecular flexibility index (Phi) is 2.07. The van der Waals surface area contributed by atoms with Crippen molar-refractivity contribution in [2.45, 2.75) is 37.8 Å². The fourth-order valence-corrected chi connectivity index (χ4v) is 2.90. The minimum atomic E-state index is 0.0747. The van der Waals surface area contributed by atoms with Gasteiger partial charge in [0, 0.05) is 25.3 Å². The minimum absolute atomic E-state index is 0.0747. The third-order valence-corrected chi connectivity index (χ3v) is 3.58. The maximum Gasteiger partial charge on any atom is 0.0926 e. The lowest BCUT2D eigenvalue weighted by Crippen LogP contribution is -2.52. The summed E-state index contributed by atoms with van der Waals surface area (Å²) < 4.78 is 5.62. The Bertz CT molecular complexity index is 362. The third kappa shape index (κ3) is 1.40. The number of rotatable bonds is 0. The largest absolute Gasteiger partial charge is 0.378 e. The molecule has 82 valence electrons. The van der Waals surface area contributed by atoms with E-state index in [2.05, 4.69) is 22.2 Å². The number of aromatic amines is 1. The number of hydrogen-bond donors (Lipinski definition) is 2. The monoisotopic (exact) mass is 207 g/mol. The summed E-state index contributed by atoms with van der Waals surface area (Å²) in [7, 11) is 0. The van der Waals surface area contributed by atoms with E-state index in [-0.39, 0.29) is 5.54 Å². The number of nitrogens with zero attached hydrogens (tertiary/aromatic N) is 1. The zero-order chi connectivity index (χ0) is 10.3. The summed E-state index contributed by atoms with van der Waals surface area (Å²) in [6.07, 6.45) is 5.28. The van der Waals surface area contributed by atoms with Gasteiger partial charge in [-0.05, 0) is 19.8 Å². The quantitative estimate of drug-likeness (QED) is 0.666.